The van der Waals surface area contributed by atoms with E-state index >= 15 is 0 Å². The predicted molar refractivity (Wildman–Crippen MR) is 111 cm³/mol. The van der Waals surface area contributed by atoms with Gasteiger partial charge in [-0.3, -0.25) is 0 Å². The average Bonchev–Trinajstić information content (AvgIpc) is 3.39. The maximum atomic E-state index is 2.58. The fraction of sp³-hybridized carbons (Fsp3) is 0.840. The van der Waals surface area contributed by atoms with E-state index in [0.717, 1.165) is 35.5 Å². The van der Waals surface area contributed by atoms with Gasteiger partial charge in [0, 0.05) is 5.41 Å². The van der Waals surface area contributed by atoms with Gasteiger partial charge in [-0.2, -0.15) is 0 Å². The van der Waals surface area contributed by atoms with Crippen molar-refractivity contribution in [1.82, 2.24) is 0 Å². The largest absolute Gasteiger partial charge is 0.0838 e. The van der Waals surface area contributed by atoms with Gasteiger partial charge in [0.2, 0.25) is 0 Å². The number of allylic oxidation sites excluding steroid dienone is 4. The molecule has 0 aliphatic heterocycles. The summed E-state index contributed by atoms with van der Waals surface area (Å²) in [6, 6.07) is 0. The van der Waals surface area contributed by atoms with Crippen LogP contribution in [0.25, 0.3) is 0 Å². The topological polar surface area (TPSA) is 0 Å². The highest BCUT2D eigenvalue weighted by atomic mass is 14.7. The fourth-order valence-electron chi connectivity index (χ4n) is 6.56. The smallest absolute Gasteiger partial charge is 0.000616 e. The summed E-state index contributed by atoms with van der Waals surface area (Å²) in [6.45, 7) is 17.0. The Balaban J connectivity index is 1.46. The molecule has 0 heterocycles. The zero-order chi connectivity index (χ0) is 18.4. The van der Waals surface area contributed by atoms with E-state index in [1.54, 1.807) is 5.57 Å². The van der Waals surface area contributed by atoms with Gasteiger partial charge in [0.25, 0.3) is 0 Å². The van der Waals surface area contributed by atoms with Crippen LogP contribution in [0.5, 0.6) is 0 Å². The van der Waals surface area contributed by atoms with Crippen LogP contribution in [0.1, 0.15) is 93.4 Å². The molecule has 0 saturated heterocycles. The van der Waals surface area contributed by atoms with Crippen LogP contribution < -0.4 is 0 Å². The first-order chi connectivity index (χ1) is 11.9. The van der Waals surface area contributed by atoms with Gasteiger partial charge in [-0.05, 0) is 80.5 Å². The third-order valence-corrected chi connectivity index (χ3v) is 8.24. The van der Waals surface area contributed by atoms with E-state index in [2.05, 4.69) is 54.5 Å². The minimum Gasteiger partial charge on any atom is -0.0838 e. The van der Waals surface area contributed by atoms with Crippen molar-refractivity contribution in [3.8, 4) is 0 Å². The van der Waals surface area contributed by atoms with Crippen molar-refractivity contribution >= 4 is 0 Å². The van der Waals surface area contributed by atoms with Crippen molar-refractivity contribution < 1.29 is 0 Å². The molecule has 6 unspecified atom stereocenters. The summed E-state index contributed by atoms with van der Waals surface area (Å²) in [6.07, 6.45) is 12.2. The number of hydrogen-bond donors (Lipinski definition) is 0. The highest BCUT2D eigenvalue weighted by Crippen LogP contribution is 2.72. The minimum atomic E-state index is 0.670. The number of rotatable bonds is 9. The molecule has 6 atom stereocenters. The molecule has 0 N–H and O–H groups in total. The molecule has 2 fully saturated rings. The fourth-order valence-corrected chi connectivity index (χ4v) is 6.56. The molecule has 0 aromatic rings. The molecular weight excluding hydrogens is 300 g/mol. The Morgan fingerprint density at radius 2 is 1.84 bits per heavy atom. The molecule has 1 spiro atoms. The lowest BCUT2D eigenvalue weighted by atomic mass is 9.74. The molecule has 0 radical (unpaired) electrons. The van der Waals surface area contributed by atoms with Gasteiger partial charge < -0.3 is 0 Å². The lowest BCUT2D eigenvalue weighted by Gasteiger charge is -2.30. The van der Waals surface area contributed by atoms with Crippen molar-refractivity contribution in [2.24, 2.45) is 40.9 Å². The van der Waals surface area contributed by atoms with E-state index in [1.807, 2.05) is 11.1 Å². The molecule has 0 aromatic heterocycles. The van der Waals surface area contributed by atoms with Crippen molar-refractivity contribution in [2.45, 2.75) is 93.4 Å². The molecule has 3 rings (SSSR count). The lowest BCUT2D eigenvalue weighted by molar-refractivity contribution is 0.391. The molecule has 25 heavy (non-hydrogen) atoms. The monoisotopic (exact) mass is 342 g/mol. The second-order valence-corrected chi connectivity index (χ2v) is 9.95. The maximum Gasteiger partial charge on any atom is 0.000616 e. The third kappa shape index (κ3) is 3.28. The Morgan fingerprint density at radius 3 is 2.36 bits per heavy atom. The molecule has 0 amide bonds. The van der Waals surface area contributed by atoms with Crippen LogP contribution in [0, 0.1) is 40.9 Å². The maximum absolute atomic E-state index is 2.58. The first-order valence-electron chi connectivity index (χ1n) is 11.3. The van der Waals surface area contributed by atoms with Crippen molar-refractivity contribution in [2.75, 3.05) is 0 Å². The molecule has 3 aliphatic rings. The second-order valence-electron chi connectivity index (χ2n) is 9.95. The van der Waals surface area contributed by atoms with Gasteiger partial charge >= 0.3 is 0 Å². The normalized spacial score (nSPS) is 37.1. The molecule has 3 aliphatic carbocycles. The van der Waals surface area contributed by atoms with Crippen molar-refractivity contribution in [3.05, 3.63) is 22.8 Å². The second kappa shape index (κ2) is 7.24. The Hall–Kier alpha value is -0.520. The van der Waals surface area contributed by atoms with E-state index in [4.69, 9.17) is 0 Å². The Bertz CT molecular complexity index is 542. The van der Waals surface area contributed by atoms with Crippen molar-refractivity contribution in [3.63, 3.8) is 0 Å². The molecule has 0 aromatic carbocycles. The summed E-state index contributed by atoms with van der Waals surface area (Å²) in [5, 5.41) is 0. The van der Waals surface area contributed by atoms with Crippen LogP contribution in [-0.4, -0.2) is 0 Å². The van der Waals surface area contributed by atoms with Crippen LogP contribution >= 0.6 is 0 Å². The van der Waals surface area contributed by atoms with E-state index in [0.29, 0.717) is 5.41 Å². The van der Waals surface area contributed by atoms with Crippen LogP contribution in [0.2, 0.25) is 0 Å². The van der Waals surface area contributed by atoms with Crippen molar-refractivity contribution in [1.29, 1.82) is 0 Å². The van der Waals surface area contributed by atoms with Gasteiger partial charge in [-0.25, -0.2) is 0 Å². The van der Waals surface area contributed by atoms with Crippen LogP contribution in [0.15, 0.2) is 22.8 Å². The molecular formula is C25H42. The zero-order valence-corrected chi connectivity index (χ0v) is 18.0. The number of hydrogen-bond acceptors (Lipinski definition) is 0. The van der Waals surface area contributed by atoms with E-state index in [1.165, 1.54) is 44.9 Å². The zero-order valence-electron chi connectivity index (χ0n) is 18.0. The summed E-state index contributed by atoms with van der Waals surface area (Å²) >= 11 is 0. The summed E-state index contributed by atoms with van der Waals surface area (Å²) in [4.78, 5) is 0. The van der Waals surface area contributed by atoms with Crippen LogP contribution in [-0.2, 0) is 0 Å². The minimum absolute atomic E-state index is 0.670. The van der Waals surface area contributed by atoms with Gasteiger partial charge in [-0.1, -0.05) is 71.3 Å². The van der Waals surface area contributed by atoms with Gasteiger partial charge in [0.15, 0.2) is 0 Å². The van der Waals surface area contributed by atoms with E-state index in [-0.39, 0.29) is 0 Å². The van der Waals surface area contributed by atoms with Crippen LogP contribution in [0.3, 0.4) is 0 Å². The highest BCUT2D eigenvalue weighted by Gasteiger charge is 2.65. The Kier molecular flexibility index (Phi) is 5.57. The molecule has 142 valence electrons. The summed E-state index contributed by atoms with van der Waals surface area (Å²) in [5.74, 6) is 5.49. The standard InChI is InChI=1S/C25H42/c1-8-20(9-2)24-18(6)23(24)17(5)11-10-12-21-13-14-25(21)19(7)22(25)15-16(3)4/h13,16-19,22-23H,8-12,14-15H2,1-7H3. The van der Waals surface area contributed by atoms with Gasteiger partial charge in [0.1, 0.15) is 0 Å². The van der Waals surface area contributed by atoms with E-state index < -0.39 is 0 Å². The molecule has 0 heteroatoms. The SMILES string of the molecule is CCC(CC)=C1C(C)C1C(C)CCCC1=CCC12C(C)C2CC(C)C. The van der Waals surface area contributed by atoms with Crippen LogP contribution in [0.4, 0.5) is 0 Å². The lowest BCUT2D eigenvalue weighted by Crippen LogP contribution is -2.18. The molecule has 0 nitrogen and oxygen atoms in total. The van der Waals surface area contributed by atoms with E-state index in [9.17, 15) is 0 Å². The molecule has 2 saturated carbocycles. The summed E-state index contributed by atoms with van der Waals surface area (Å²) in [5.41, 5.74) is 6.11. The summed E-state index contributed by atoms with van der Waals surface area (Å²) in [7, 11) is 0. The predicted octanol–water partition coefficient (Wildman–Crippen LogP) is 7.80. The quantitative estimate of drug-likeness (QED) is 0.375. The van der Waals surface area contributed by atoms with Gasteiger partial charge in [0.05, 0.1) is 0 Å². The summed E-state index contributed by atoms with van der Waals surface area (Å²) < 4.78 is 0. The first-order valence-corrected chi connectivity index (χ1v) is 11.3. The third-order valence-electron chi connectivity index (χ3n) is 8.24. The highest BCUT2D eigenvalue weighted by molar-refractivity contribution is 5.38. The van der Waals surface area contributed by atoms with Gasteiger partial charge in [-0.15, -0.1) is 0 Å². The Morgan fingerprint density at radius 1 is 1.16 bits per heavy atom. The molecule has 0 bridgehead atoms. The Labute approximate surface area is 157 Å². The first kappa shape index (κ1) is 19.2. The average molecular weight is 343 g/mol.